The molecule has 1 aliphatic heterocycles. The van der Waals surface area contributed by atoms with Gasteiger partial charge in [-0.3, -0.25) is 0 Å². The molecule has 2 rings (SSSR count). The summed E-state index contributed by atoms with van der Waals surface area (Å²) >= 11 is 0. The fraction of sp³-hybridized carbons (Fsp3) is 1.00. The van der Waals surface area contributed by atoms with Crippen molar-refractivity contribution in [3.8, 4) is 0 Å². The molecule has 1 heterocycles. The van der Waals surface area contributed by atoms with Crippen molar-refractivity contribution in [2.75, 3.05) is 25.9 Å². The molecule has 0 aromatic carbocycles. The van der Waals surface area contributed by atoms with Crippen LogP contribution in [0.4, 0.5) is 0 Å². The number of nitrogens with one attached hydrogen (secondary N) is 1. The van der Waals surface area contributed by atoms with Crippen LogP contribution in [0.3, 0.4) is 0 Å². The first-order valence-corrected chi connectivity index (χ1v) is 9.40. The first-order valence-electron chi connectivity index (χ1n) is 7.79. The van der Waals surface area contributed by atoms with Crippen LogP contribution < -0.4 is 5.32 Å². The van der Waals surface area contributed by atoms with Gasteiger partial charge in [0.25, 0.3) is 0 Å². The van der Waals surface area contributed by atoms with E-state index in [4.69, 9.17) is 0 Å². The van der Waals surface area contributed by atoms with Crippen molar-refractivity contribution in [3.05, 3.63) is 0 Å². The molecule has 0 spiro atoms. The zero-order valence-corrected chi connectivity index (χ0v) is 12.9. The summed E-state index contributed by atoms with van der Waals surface area (Å²) in [6, 6.07) is 0.316. The molecule has 112 valence electrons. The van der Waals surface area contributed by atoms with Gasteiger partial charge < -0.3 is 5.32 Å². The van der Waals surface area contributed by atoms with Crippen LogP contribution in [-0.2, 0) is 10.0 Å². The fourth-order valence-electron chi connectivity index (χ4n) is 3.63. The Morgan fingerprint density at radius 1 is 1.11 bits per heavy atom. The van der Waals surface area contributed by atoms with Gasteiger partial charge in [0, 0.05) is 12.6 Å². The Morgan fingerprint density at radius 2 is 1.84 bits per heavy atom. The van der Waals surface area contributed by atoms with Crippen LogP contribution in [0, 0.1) is 5.92 Å². The van der Waals surface area contributed by atoms with Gasteiger partial charge in [-0.2, -0.15) is 4.31 Å². The zero-order valence-electron chi connectivity index (χ0n) is 12.1. The summed E-state index contributed by atoms with van der Waals surface area (Å²) in [6.07, 6.45) is 8.90. The molecule has 4 nitrogen and oxygen atoms in total. The Bertz CT molecular complexity index is 364. The summed E-state index contributed by atoms with van der Waals surface area (Å²) < 4.78 is 26.8. The van der Waals surface area contributed by atoms with Gasteiger partial charge >= 0.3 is 0 Å². The summed E-state index contributed by atoms with van der Waals surface area (Å²) in [6.45, 7) is 1.66. The second kappa shape index (κ2) is 7.04. The molecule has 1 aliphatic carbocycles. The molecule has 2 fully saturated rings. The summed E-state index contributed by atoms with van der Waals surface area (Å²) in [5.74, 6) is 0.965. The standard InChI is InChI=1S/C14H28N2O2S/c1-15-10-4-5-12-19(17,18)16-11-6-9-14(16)13-7-2-3-8-13/h13-15H,2-12H2,1H3. The number of sulfonamides is 1. The van der Waals surface area contributed by atoms with E-state index in [-0.39, 0.29) is 0 Å². The lowest BCUT2D eigenvalue weighted by molar-refractivity contribution is 0.288. The fourth-order valence-corrected chi connectivity index (χ4v) is 5.53. The third kappa shape index (κ3) is 3.92. The molecule has 0 bridgehead atoms. The number of rotatable bonds is 7. The maximum absolute atomic E-state index is 12.5. The number of nitrogens with zero attached hydrogens (tertiary/aromatic N) is 1. The van der Waals surface area contributed by atoms with E-state index in [0.29, 0.717) is 17.7 Å². The molecule has 0 aromatic heterocycles. The highest BCUT2D eigenvalue weighted by Gasteiger charge is 2.39. The Kier molecular flexibility index (Phi) is 5.66. The van der Waals surface area contributed by atoms with Crippen molar-refractivity contribution in [3.63, 3.8) is 0 Å². The van der Waals surface area contributed by atoms with Crippen molar-refractivity contribution in [1.29, 1.82) is 0 Å². The molecule has 1 saturated carbocycles. The number of hydrogen-bond donors (Lipinski definition) is 1. The van der Waals surface area contributed by atoms with Crippen LogP contribution in [0.1, 0.15) is 51.4 Å². The van der Waals surface area contributed by atoms with Gasteiger partial charge in [0.1, 0.15) is 0 Å². The molecule has 19 heavy (non-hydrogen) atoms. The van der Waals surface area contributed by atoms with E-state index < -0.39 is 10.0 Å². The lowest BCUT2D eigenvalue weighted by Gasteiger charge is -2.28. The SMILES string of the molecule is CNCCCCS(=O)(=O)N1CCCC1C1CCCC1. The Morgan fingerprint density at radius 3 is 2.53 bits per heavy atom. The molecule has 1 unspecified atom stereocenters. The van der Waals surface area contributed by atoms with Crippen molar-refractivity contribution >= 4 is 10.0 Å². The van der Waals surface area contributed by atoms with Crippen LogP contribution in [0.5, 0.6) is 0 Å². The molecular formula is C14H28N2O2S. The molecular weight excluding hydrogens is 260 g/mol. The second-order valence-corrected chi connectivity index (χ2v) is 8.03. The Hall–Kier alpha value is -0.130. The highest BCUT2D eigenvalue weighted by molar-refractivity contribution is 7.89. The lowest BCUT2D eigenvalue weighted by Crippen LogP contribution is -2.40. The number of hydrogen-bond acceptors (Lipinski definition) is 3. The van der Waals surface area contributed by atoms with Crippen LogP contribution in [0.2, 0.25) is 0 Å². The van der Waals surface area contributed by atoms with Gasteiger partial charge in [0.15, 0.2) is 0 Å². The molecule has 1 atom stereocenters. The minimum Gasteiger partial charge on any atom is -0.320 e. The highest BCUT2D eigenvalue weighted by atomic mass is 32.2. The van der Waals surface area contributed by atoms with Gasteiger partial charge in [0.05, 0.1) is 5.75 Å². The normalized spacial score (nSPS) is 26.3. The maximum Gasteiger partial charge on any atom is 0.214 e. The summed E-state index contributed by atoms with van der Waals surface area (Å²) in [4.78, 5) is 0. The largest absolute Gasteiger partial charge is 0.320 e. The van der Waals surface area contributed by atoms with E-state index in [2.05, 4.69) is 5.32 Å². The van der Waals surface area contributed by atoms with Crippen molar-refractivity contribution in [2.24, 2.45) is 5.92 Å². The van der Waals surface area contributed by atoms with Gasteiger partial charge in [-0.05, 0) is 58.0 Å². The molecule has 0 radical (unpaired) electrons. The average molecular weight is 288 g/mol. The Balaban J connectivity index is 1.90. The van der Waals surface area contributed by atoms with E-state index in [1.807, 2.05) is 11.4 Å². The van der Waals surface area contributed by atoms with Crippen molar-refractivity contribution in [2.45, 2.75) is 57.4 Å². The molecule has 0 amide bonds. The first-order chi connectivity index (χ1) is 9.15. The third-order valence-electron chi connectivity index (χ3n) is 4.63. The molecule has 5 heteroatoms. The van der Waals surface area contributed by atoms with Crippen molar-refractivity contribution in [1.82, 2.24) is 9.62 Å². The van der Waals surface area contributed by atoms with Crippen LogP contribution >= 0.6 is 0 Å². The molecule has 0 aromatic rings. The molecule has 1 saturated heterocycles. The topological polar surface area (TPSA) is 49.4 Å². The summed E-state index contributed by atoms with van der Waals surface area (Å²) in [5.41, 5.74) is 0. The van der Waals surface area contributed by atoms with E-state index in [9.17, 15) is 8.42 Å². The van der Waals surface area contributed by atoms with E-state index >= 15 is 0 Å². The van der Waals surface area contributed by atoms with E-state index in [1.165, 1.54) is 25.7 Å². The average Bonchev–Trinajstić information content (AvgIpc) is 3.03. The van der Waals surface area contributed by atoms with Crippen molar-refractivity contribution < 1.29 is 8.42 Å². The van der Waals surface area contributed by atoms with Gasteiger partial charge in [-0.25, -0.2) is 8.42 Å². The van der Waals surface area contributed by atoms with Gasteiger partial charge in [-0.1, -0.05) is 12.8 Å². The van der Waals surface area contributed by atoms with Crippen LogP contribution in [-0.4, -0.2) is 44.7 Å². The summed E-state index contributed by atoms with van der Waals surface area (Å²) in [5, 5.41) is 3.07. The minimum absolute atomic E-state index is 0.316. The quantitative estimate of drug-likeness (QED) is 0.729. The van der Waals surface area contributed by atoms with E-state index in [1.54, 1.807) is 0 Å². The molecule has 1 N–H and O–H groups in total. The third-order valence-corrected chi connectivity index (χ3v) is 6.60. The second-order valence-electron chi connectivity index (χ2n) is 5.99. The first kappa shape index (κ1) is 15.3. The summed E-state index contributed by atoms with van der Waals surface area (Å²) in [7, 11) is -1.11. The van der Waals surface area contributed by atoms with Crippen LogP contribution in [0.25, 0.3) is 0 Å². The molecule has 2 aliphatic rings. The smallest absolute Gasteiger partial charge is 0.214 e. The van der Waals surface area contributed by atoms with Gasteiger partial charge in [-0.15, -0.1) is 0 Å². The maximum atomic E-state index is 12.5. The predicted molar refractivity (Wildman–Crippen MR) is 78.6 cm³/mol. The Labute approximate surface area is 118 Å². The van der Waals surface area contributed by atoms with Crippen LogP contribution in [0.15, 0.2) is 0 Å². The monoisotopic (exact) mass is 288 g/mol. The predicted octanol–water partition coefficient (Wildman–Crippen LogP) is 1.97. The minimum atomic E-state index is -3.02. The zero-order chi connectivity index (χ0) is 13.7. The van der Waals surface area contributed by atoms with Gasteiger partial charge in [0.2, 0.25) is 10.0 Å². The number of unbranched alkanes of at least 4 members (excludes halogenated alkanes) is 1. The lowest BCUT2D eigenvalue weighted by atomic mass is 9.97. The van der Waals surface area contributed by atoms with E-state index in [0.717, 1.165) is 38.8 Å². The highest BCUT2D eigenvalue weighted by Crippen LogP contribution is 2.36.